The van der Waals surface area contributed by atoms with Crippen molar-refractivity contribution < 1.29 is 18.5 Å². The molecular formula is C17H20O4S. The van der Waals surface area contributed by atoms with Gasteiger partial charge in [0, 0.05) is 5.56 Å². The Morgan fingerprint density at radius 2 is 2.00 bits per heavy atom. The van der Waals surface area contributed by atoms with Crippen molar-refractivity contribution in [3.05, 3.63) is 46.4 Å². The standard InChI is InChI=1S/C17H20O4S/c1-12(2)9-10-20-14-8-6-5-7-13(14)11-15-16(18)21-17(3,4)22(15)19/h5-9,11H,10H2,1-4H3/b15-11-. The van der Waals surface area contributed by atoms with E-state index in [-0.39, 0.29) is 4.91 Å². The number of hydrogen-bond acceptors (Lipinski definition) is 4. The Balaban J connectivity index is 2.30. The van der Waals surface area contributed by atoms with E-state index in [4.69, 9.17) is 9.47 Å². The molecular weight excluding hydrogens is 300 g/mol. The second-order valence-electron chi connectivity index (χ2n) is 5.70. The molecule has 1 heterocycles. The fraction of sp³-hybridized carbons (Fsp3) is 0.353. The van der Waals surface area contributed by atoms with Crippen molar-refractivity contribution in [2.75, 3.05) is 6.61 Å². The molecule has 0 amide bonds. The zero-order valence-electron chi connectivity index (χ0n) is 13.2. The zero-order valence-corrected chi connectivity index (χ0v) is 14.0. The van der Waals surface area contributed by atoms with Gasteiger partial charge in [-0.05, 0) is 45.9 Å². The maximum atomic E-state index is 12.3. The second kappa shape index (κ2) is 6.48. The lowest BCUT2D eigenvalue weighted by Gasteiger charge is -2.12. The summed E-state index contributed by atoms with van der Waals surface area (Å²) >= 11 is 0. The number of benzene rings is 1. The van der Waals surface area contributed by atoms with Crippen molar-refractivity contribution in [2.45, 2.75) is 32.6 Å². The summed E-state index contributed by atoms with van der Waals surface area (Å²) in [5, 5.41) is 0. The van der Waals surface area contributed by atoms with E-state index in [1.807, 2.05) is 44.2 Å². The average molecular weight is 320 g/mol. The highest BCUT2D eigenvalue weighted by molar-refractivity contribution is 7.91. The van der Waals surface area contributed by atoms with Gasteiger partial charge < -0.3 is 9.47 Å². The first-order valence-corrected chi connectivity index (χ1v) is 8.18. The SMILES string of the molecule is CC(C)=CCOc1ccccc1/C=C1/C(=O)OC(C)(C)S1=O. The predicted molar refractivity (Wildman–Crippen MR) is 87.7 cm³/mol. The van der Waals surface area contributed by atoms with Gasteiger partial charge in [-0.15, -0.1) is 0 Å². The first-order valence-electron chi connectivity index (χ1n) is 7.03. The largest absolute Gasteiger partial charge is 0.489 e. The molecule has 0 aliphatic carbocycles. The lowest BCUT2D eigenvalue weighted by molar-refractivity contribution is -0.141. The molecule has 0 radical (unpaired) electrons. The number of allylic oxidation sites excluding steroid dienone is 1. The summed E-state index contributed by atoms with van der Waals surface area (Å²) in [5.41, 5.74) is 1.88. The molecule has 118 valence electrons. The normalized spacial score (nSPS) is 21.5. The molecule has 1 aromatic carbocycles. The predicted octanol–water partition coefficient (Wildman–Crippen LogP) is 3.41. The Morgan fingerprint density at radius 1 is 1.32 bits per heavy atom. The fourth-order valence-electron chi connectivity index (χ4n) is 1.93. The Bertz CT molecular complexity index is 667. The van der Waals surface area contributed by atoms with Crippen molar-refractivity contribution in [3.8, 4) is 5.75 Å². The summed E-state index contributed by atoms with van der Waals surface area (Å²) in [6.45, 7) is 7.72. The zero-order chi connectivity index (χ0) is 16.3. The maximum absolute atomic E-state index is 12.3. The van der Waals surface area contributed by atoms with Crippen LogP contribution >= 0.6 is 0 Å². The summed E-state index contributed by atoms with van der Waals surface area (Å²) in [6.07, 6.45) is 3.56. The average Bonchev–Trinajstić information content (AvgIpc) is 2.62. The summed E-state index contributed by atoms with van der Waals surface area (Å²) < 4.78 is 23.2. The van der Waals surface area contributed by atoms with E-state index < -0.39 is 21.7 Å². The van der Waals surface area contributed by atoms with E-state index in [9.17, 15) is 9.00 Å². The Kier molecular flexibility index (Phi) is 4.86. The molecule has 1 aromatic rings. The second-order valence-corrected chi connectivity index (χ2v) is 7.66. The lowest BCUT2D eigenvalue weighted by Crippen LogP contribution is -2.22. The number of carbonyl (C=O) groups excluding carboxylic acids is 1. The van der Waals surface area contributed by atoms with Gasteiger partial charge in [0.1, 0.15) is 28.1 Å². The number of carbonyl (C=O) groups is 1. The van der Waals surface area contributed by atoms with Gasteiger partial charge in [-0.3, -0.25) is 0 Å². The highest BCUT2D eigenvalue weighted by Crippen LogP contribution is 2.33. The van der Waals surface area contributed by atoms with E-state index in [1.165, 1.54) is 0 Å². The van der Waals surface area contributed by atoms with Gasteiger partial charge in [-0.1, -0.05) is 23.8 Å². The molecule has 0 aromatic heterocycles. The summed E-state index contributed by atoms with van der Waals surface area (Å²) in [4.78, 5) is 11.1. The monoisotopic (exact) mass is 320 g/mol. The van der Waals surface area contributed by atoms with E-state index in [2.05, 4.69) is 0 Å². The number of rotatable bonds is 4. The first kappa shape index (κ1) is 16.5. The van der Waals surface area contributed by atoms with Crippen LogP contribution in [0.5, 0.6) is 5.75 Å². The van der Waals surface area contributed by atoms with E-state index >= 15 is 0 Å². The molecule has 0 spiro atoms. The maximum Gasteiger partial charge on any atom is 0.348 e. The minimum Gasteiger partial charge on any atom is -0.489 e. The molecule has 1 saturated heterocycles. The van der Waals surface area contributed by atoms with Crippen LogP contribution in [0, 0.1) is 0 Å². The summed E-state index contributed by atoms with van der Waals surface area (Å²) in [6, 6.07) is 7.34. The molecule has 0 saturated carbocycles. The molecule has 4 nitrogen and oxygen atoms in total. The third-order valence-electron chi connectivity index (χ3n) is 3.12. The fourth-order valence-corrected chi connectivity index (χ4v) is 3.04. The van der Waals surface area contributed by atoms with Crippen LogP contribution in [-0.4, -0.2) is 21.7 Å². The topological polar surface area (TPSA) is 52.6 Å². The Hall–Kier alpha value is -1.88. The van der Waals surface area contributed by atoms with E-state index in [0.29, 0.717) is 17.9 Å². The van der Waals surface area contributed by atoms with Crippen molar-refractivity contribution in [1.29, 1.82) is 0 Å². The van der Waals surface area contributed by atoms with Crippen LogP contribution in [0.2, 0.25) is 0 Å². The third kappa shape index (κ3) is 3.65. The van der Waals surface area contributed by atoms with Gasteiger partial charge >= 0.3 is 5.97 Å². The minimum absolute atomic E-state index is 0.170. The van der Waals surface area contributed by atoms with Crippen molar-refractivity contribution in [1.82, 2.24) is 0 Å². The van der Waals surface area contributed by atoms with Crippen molar-refractivity contribution >= 4 is 22.8 Å². The molecule has 1 unspecified atom stereocenters. The minimum atomic E-state index is -1.50. The van der Waals surface area contributed by atoms with Gasteiger partial charge in [0.05, 0.1) is 0 Å². The molecule has 2 rings (SSSR count). The van der Waals surface area contributed by atoms with Gasteiger partial charge in [-0.25, -0.2) is 9.00 Å². The number of hydrogen-bond donors (Lipinski definition) is 0. The molecule has 1 atom stereocenters. The smallest absolute Gasteiger partial charge is 0.348 e. The first-order chi connectivity index (χ1) is 10.3. The number of cyclic esters (lactones) is 1. The number of esters is 1. The Morgan fingerprint density at radius 3 is 2.59 bits per heavy atom. The van der Waals surface area contributed by atoms with Crippen LogP contribution in [0.3, 0.4) is 0 Å². The van der Waals surface area contributed by atoms with Gasteiger partial charge in [0.2, 0.25) is 0 Å². The number of ether oxygens (including phenoxy) is 2. The van der Waals surface area contributed by atoms with Crippen LogP contribution in [-0.2, 0) is 20.3 Å². The highest BCUT2D eigenvalue weighted by Gasteiger charge is 2.43. The van der Waals surface area contributed by atoms with Crippen LogP contribution in [0.25, 0.3) is 6.08 Å². The van der Waals surface area contributed by atoms with Crippen LogP contribution in [0.1, 0.15) is 33.3 Å². The van der Waals surface area contributed by atoms with Gasteiger partial charge in [0.25, 0.3) is 0 Å². The Labute approximate surface area is 133 Å². The summed E-state index contributed by atoms with van der Waals surface area (Å²) in [7, 11) is -1.50. The molecule has 1 fully saturated rings. The van der Waals surface area contributed by atoms with Gasteiger partial charge in [0.15, 0.2) is 4.93 Å². The molecule has 1 aliphatic heterocycles. The highest BCUT2D eigenvalue weighted by atomic mass is 32.2. The quantitative estimate of drug-likeness (QED) is 0.484. The number of para-hydroxylation sites is 1. The van der Waals surface area contributed by atoms with Crippen LogP contribution in [0.4, 0.5) is 0 Å². The van der Waals surface area contributed by atoms with Gasteiger partial charge in [-0.2, -0.15) is 0 Å². The van der Waals surface area contributed by atoms with Crippen molar-refractivity contribution in [2.24, 2.45) is 0 Å². The summed E-state index contributed by atoms with van der Waals surface area (Å²) in [5.74, 6) is 0.101. The molecule has 0 bridgehead atoms. The van der Waals surface area contributed by atoms with E-state index in [0.717, 1.165) is 5.57 Å². The van der Waals surface area contributed by atoms with Crippen molar-refractivity contribution in [3.63, 3.8) is 0 Å². The van der Waals surface area contributed by atoms with Crippen LogP contribution in [0.15, 0.2) is 40.8 Å². The lowest BCUT2D eigenvalue weighted by atomic mass is 10.2. The molecule has 0 N–H and O–H groups in total. The van der Waals surface area contributed by atoms with E-state index in [1.54, 1.807) is 19.9 Å². The van der Waals surface area contributed by atoms with Crippen LogP contribution < -0.4 is 4.74 Å². The third-order valence-corrected chi connectivity index (χ3v) is 4.78. The molecule has 22 heavy (non-hydrogen) atoms. The molecule has 5 heteroatoms. The molecule has 1 aliphatic rings.